The van der Waals surface area contributed by atoms with Crippen LogP contribution < -0.4 is 5.32 Å². The Morgan fingerprint density at radius 3 is 2.85 bits per heavy atom. The molecule has 1 aromatic heterocycles. The highest BCUT2D eigenvalue weighted by Crippen LogP contribution is 2.28. The molecule has 1 atom stereocenters. The molecule has 144 valence electrons. The molecule has 0 aromatic carbocycles. The van der Waals surface area contributed by atoms with Gasteiger partial charge in [0.25, 0.3) is 5.91 Å². The van der Waals surface area contributed by atoms with Gasteiger partial charge in [-0.2, -0.15) is 0 Å². The van der Waals surface area contributed by atoms with E-state index in [1.807, 2.05) is 4.90 Å². The Kier molecular flexibility index (Phi) is 6.97. The fourth-order valence-corrected chi connectivity index (χ4v) is 4.23. The molecule has 0 spiro atoms. The van der Waals surface area contributed by atoms with Crippen molar-refractivity contribution < 1.29 is 9.90 Å². The van der Waals surface area contributed by atoms with Crippen LogP contribution in [0, 0.1) is 5.92 Å². The monoisotopic (exact) mass is 360 g/mol. The van der Waals surface area contributed by atoms with Crippen molar-refractivity contribution in [3.63, 3.8) is 0 Å². The molecule has 1 amide bonds. The Balaban J connectivity index is 1.42. The summed E-state index contributed by atoms with van der Waals surface area (Å²) in [4.78, 5) is 23.0. The van der Waals surface area contributed by atoms with Crippen molar-refractivity contribution in [3.8, 4) is 0 Å². The molecule has 1 saturated carbocycles. The molecule has 6 heteroatoms. The first-order chi connectivity index (χ1) is 12.7. The third kappa shape index (κ3) is 5.24. The first kappa shape index (κ1) is 19.2. The highest BCUT2D eigenvalue weighted by atomic mass is 16.3. The molecule has 1 unspecified atom stereocenters. The van der Waals surface area contributed by atoms with Crippen LogP contribution in [0.4, 0.5) is 0 Å². The molecular weight excluding hydrogens is 328 g/mol. The maximum absolute atomic E-state index is 12.8. The Morgan fingerprint density at radius 1 is 1.23 bits per heavy atom. The maximum atomic E-state index is 12.8. The Hall–Kier alpha value is -1.53. The van der Waals surface area contributed by atoms with Gasteiger partial charge in [0.1, 0.15) is 0 Å². The van der Waals surface area contributed by atoms with Crippen LogP contribution in [0.15, 0.2) is 18.6 Å². The summed E-state index contributed by atoms with van der Waals surface area (Å²) in [7, 11) is 0. The van der Waals surface area contributed by atoms with Crippen LogP contribution in [0.2, 0.25) is 0 Å². The van der Waals surface area contributed by atoms with Crippen molar-refractivity contribution in [2.24, 2.45) is 5.92 Å². The number of aromatic nitrogens is 2. The fourth-order valence-electron chi connectivity index (χ4n) is 4.23. The van der Waals surface area contributed by atoms with Crippen LogP contribution >= 0.6 is 0 Å². The van der Waals surface area contributed by atoms with Crippen molar-refractivity contribution in [2.45, 2.75) is 63.4 Å². The zero-order valence-corrected chi connectivity index (χ0v) is 15.7. The van der Waals surface area contributed by atoms with E-state index >= 15 is 0 Å². The number of amides is 1. The molecule has 0 radical (unpaired) electrons. The van der Waals surface area contributed by atoms with E-state index in [1.54, 1.807) is 18.6 Å². The summed E-state index contributed by atoms with van der Waals surface area (Å²) < 4.78 is 0. The first-order valence-electron chi connectivity index (χ1n) is 10.1. The highest BCUT2D eigenvalue weighted by Gasteiger charge is 2.41. The highest BCUT2D eigenvalue weighted by molar-refractivity contribution is 5.86. The number of nitrogens with one attached hydrogen (secondary N) is 1. The van der Waals surface area contributed by atoms with E-state index in [0.717, 1.165) is 44.0 Å². The lowest BCUT2D eigenvalue weighted by molar-refractivity contribution is -0.156. The second-order valence-corrected chi connectivity index (χ2v) is 7.84. The molecule has 6 nitrogen and oxygen atoms in total. The average Bonchev–Trinajstić information content (AvgIpc) is 2.68. The lowest BCUT2D eigenvalue weighted by Gasteiger charge is -2.39. The number of carbonyl (C=O) groups excluding carboxylic acids is 1. The minimum absolute atomic E-state index is 0.0911. The number of nitrogens with zero attached hydrogens (tertiary/aromatic N) is 3. The first-order valence-corrected chi connectivity index (χ1v) is 10.1. The number of hydrogen-bond acceptors (Lipinski definition) is 5. The van der Waals surface area contributed by atoms with Gasteiger partial charge < -0.3 is 15.3 Å². The minimum atomic E-state index is -1.26. The largest absolute Gasteiger partial charge is 0.379 e. The van der Waals surface area contributed by atoms with Crippen molar-refractivity contribution in [1.82, 2.24) is 20.2 Å². The van der Waals surface area contributed by atoms with E-state index < -0.39 is 5.60 Å². The van der Waals surface area contributed by atoms with Gasteiger partial charge in [0.05, 0.1) is 5.69 Å². The zero-order valence-electron chi connectivity index (χ0n) is 15.7. The lowest BCUT2D eigenvalue weighted by atomic mass is 9.86. The van der Waals surface area contributed by atoms with Crippen LogP contribution in [0.3, 0.4) is 0 Å². The third-order valence-corrected chi connectivity index (χ3v) is 5.83. The van der Waals surface area contributed by atoms with Gasteiger partial charge in [-0.3, -0.25) is 14.8 Å². The van der Waals surface area contributed by atoms with E-state index in [1.165, 1.54) is 32.1 Å². The van der Waals surface area contributed by atoms with Gasteiger partial charge in [0.2, 0.25) is 0 Å². The summed E-state index contributed by atoms with van der Waals surface area (Å²) in [5.41, 5.74) is -0.344. The topological polar surface area (TPSA) is 78.4 Å². The van der Waals surface area contributed by atoms with E-state index in [2.05, 4.69) is 15.3 Å². The second-order valence-electron chi connectivity index (χ2n) is 7.84. The smallest absolute Gasteiger partial charge is 0.255 e. The standard InChI is InChI=1S/C20H32N4O2/c25-19-20(26,16-22-10-7-18-15-21-11-12-23-18)9-4-13-24(19)14-8-17-5-2-1-3-6-17/h11-12,15,17,22,26H,1-10,13-14,16H2. The number of aliphatic hydroxyl groups is 1. The normalized spacial score (nSPS) is 24.8. The number of piperidine rings is 1. The van der Waals surface area contributed by atoms with Gasteiger partial charge in [-0.25, -0.2) is 0 Å². The molecule has 2 fully saturated rings. The van der Waals surface area contributed by atoms with Crippen molar-refractivity contribution >= 4 is 5.91 Å². The summed E-state index contributed by atoms with van der Waals surface area (Å²) in [6.45, 7) is 2.57. The summed E-state index contributed by atoms with van der Waals surface area (Å²) in [5.74, 6) is 0.670. The molecular formula is C20H32N4O2. The quantitative estimate of drug-likeness (QED) is 0.693. The van der Waals surface area contributed by atoms with Crippen molar-refractivity contribution in [2.75, 3.05) is 26.2 Å². The van der Waals surface area contributed by atoms with Gasteiger partial charge in [0.15, 0.2) is 5.60 Å². The van der Waals surface area contributed by atoms with E-state index in [0.29, 0.717) is 19.5 Å². The Labute approximate surface area is 156 Å². The van der Waals surface area contributed by atoms with Crippen LogP contribution in [-0.4, -0.2) is 57.7 Å². The SMILES string of the molecule is O=C1N(CCC2CCCCC2)CCCC1(O)CNCCc1cnccn1. The molecule has 2 aliphatic rings. The van der Waals surface area contributed by atoms with Gasteiger partial charge in [-0.1, -0.05) is 32.1 Å². The van der Waals surface area contributed by atoms with Crippen LogP contribution in [0.1, 0.15) is 57.1 Å². The molecule has 1 aliphatic carbocycles. The van der Waals surface area contributed by atoms with Gasteiger partial charge in [-0.05, 0) is 25.2 Å². The maximum Gasteiger partial charge on any atom is 0.255 e. The predicted octanol–water partition coefficient (Wildman–Crippen LogP) is 1.93. The van der Waals surface area contributed by atoms with Crippen LogP contribution in [-0.2, 0) is 11.2 Å². The van der Waals surface area contributed by atoms with Crippen LogP contribution in [0.25, 0.3) is 0 Å². The van der Waals surface area contributed by atoms with Gasteiger partial charge >= 0.3 is 0 Å². The summed E-state index contributed by atoms with van der Waals surface area (Å²) in [6, 6.07) is 0. The van der Waals surface area contributed by atoms with Crippen molar-refractivity contribution in [1.29, 1.82) is 0 Å². The molecule has 0 bridgehead atoms. The Morgan fingerprint density at radius 2 is 2.08 bits per heavy atom. The number of rotatable bonds is 8. The van der Waals surface area contributed by atoms with Gasteiger partial charge in [-0.15, -0.1) is 0 Å². The van der Waals surface area contributed by atoms with E-state index in [9.17, 15) is 9.90 Å². The fraction of sp³-hybridized carbons (Fsp3) is 0.750. The zero-order chi connectivity index (χ0) is 18.2. The average molecular weight is 361 g/mol. The molecule has 2 heterocycles. The predicted molar refractivity (Wildman–Crippen MR) is 101 cm³/mol. The summed E-state index contributed by atoms with van der Waals surface area (Å²) >= 11 is 0. The third-order valence-electron chi connectivity index (χ3n) is 5.83. The molecule has 1 aliphatic heterocycles. The second kappa shape index (κ2) is 9.42. The molecule has 26 heavy (non-hydrogen) atoms. The lowest BCUT2D eigenvalue weighted by Crippen LogP contribution is -2.58. The minimum Gasteiger partial charge on any atom is -0.379 e. The van der Waals surface area contributed by atoms with Gasteiger partial charge in [0, 0.05) is 51.2 Å². The molecule has 2 N–H and O–H groups in total. The molecule has 3 rings (SSSR count). The Bertz CT molecular complexity index is 562. The number of hydrogen-bond donors (Lipinski definition) is 2. The van der Waals surface area contributed by atoms with E-state index in [-0.39, 0.29) is 5.91 Å². The number of likely N-dealkylation sites (tertiary alicyclic amines) is 1. The number of carbonyl (C=O) groups is 1. The van der Waals surface area contributed by atoms with E-state index in [4.69, 9.17) is 0 Å². The summed E-state index contributed by atoms with van der Waals surface area (Å²) in [6.07, 6.45) is 14.9. The summed E-state index contributed by atoms with van der Waals surface area (Å²) in [5, 5.41) is 14.1. The van der Waals surface area contributed by atoms with Crippen molar-refractivity contribution in [3.05, 3.63) is 24.3 Å². The van der Waals surface area contributed by atoms with Crippen LogP contribution in [0.5, 0.6) is 0 Å². The molecule has 1 aromatic rings. The molecule has 1 saturated heterocycles.